The van der Waals surface area contributed by atoms with Gasteiger partial charge in [0.1, 0.15) is 6.04 Å². The van der Waals surface area contributed by atoms with Crippen LogP contribution in [0.2, 0.25) is 0 Å². The molecule has 0 unspecified atom stereocenters. The molecule has 0 aliphatic carbocycles. The van der Waals surface area contributed by atoms with Crippen LogP contribution in [0, 0.1) is 5.41 Å². The summed E-state index contributed by atoms with van der Waals surface area (Å²) in [5, 5.41) is 4.38. The number of carbonyl (C=O) groups excluding carboxylic acids is 1. The Morgan fingerprint density at radius 2 is 2.13 bits per heavy atom. The molecule has 3 heteroatoms. The number of allylic oxidation sites excluding steroid dienone is 1. The molecule has 0 amide bonds. The van der Waals surface area contributed by atoms with Gasteiger partial charge in [-0.3, -0.25) is 4.79 Å². The maximum atomic E-state index is 11.5. The van der Waals surface area contributed by atoms with Crippen molar-refractivity contribution in [2.75, 3.05) is 13.7 Å². The van der Waals surface area contributed by atoms with Gasteiger partial charge < -0.3 is 4.74 Å². The SMILES string of the molecule is C=CCCC[N][C@H](C(=O)OC)C(C)(C)C. The molecular formula is C12H22NO2. The monoisotopic (exact) mass is 212 g/mol. The van der Waals surface area contributed by atoms with Gasteiger partial charge in [-0.1, -0.05) is 26.8 Å². The van der Waals surface area contributed by atoms with E-state index in [0.29, 0.717) is 6.54 Å². The molecule has 0 rings (SSSR count). The van der Waals surface area contributed by atoms with Crippen molar-refractivity contribution in [3.63, 3.8) is 0 Å². The first-order valence-corrected chi connectivity index (χ1v) is 5.28. The topological polar surface area (TPSA) is 40.4 Å². The Balaban J connectivity index is 4.15. The maximum absolute atomic E-state index is 11.5. The summed E-state index contributed by atoms with van der Waals surface area (Å²) in [6.07, 6.45) is 3.73. The third-order valence-corrected chi connectivity index (χ3v) is 2.12. The van der Waals surface area contributed by atoms with Crippen molar-refractivity contribution in [1.82, 2.24) is 5.32 Å². The normalized spacial score (nSPS) is 13.3. The van der Waals surface area contributed by atoms with Gasteiger partial charge in [0.2, 0.25) is 0 Å². The molecule has 1 radical (unpaired) electrons. The zero-order valence-corrected chi connectivity index (χ0v) is 10.2. The fraction of sp³-hybridized carbons (Fsp3) is 0.750. The Morgan fingerprint density at radius 1 is 1.53 bits per heavy atom. The molecule has 0 heterocycles. The van der Waals surface area contributed by atoms with E-state index in [0.717, 1.165) is 12.8 Å². The minimum Gasteiger partial charge on any atom is -0.468 e. The molecule has 0 saturated carbocycles. The van der Waals surface area contributed by atoms with Crippen LogP contribution < -0.4 is 5.32 Å². The van der Waals surface area contributed by atoms with E-state index < -0.39 is 0 Å². The van der Waals surface area contributed by atoms with Crippen LogP contribution in [0.25, 0.3) is 0 Å². The first-order chi connectivity index (χ1) is 6.93. The molecule has 0 aromatic heterocycles. The zero-order chi connectivity index (χ0) is 11.9. The van der Waals surface area contributed by atoms with Gasteiger partial charge in [-0.25, -0.2) is 5.32 Å². The number of carbonyl (C=O) groups is 1. The van der Waals surface area contributed by atoms with Crippen LogP contribution in [0.4, 0.5) is 0 Å². The zero-order valence-electron chi connectivity index (χ0n) is 10.2. The molecule has 0 fully saturated rings. The molecule has 0 aliphatic rings. The molecule has 0 N–H and O–H groups in total. The summed E-state index contributed by atoms with van der Waals surface area (Å²) in [6.45, 7) is 10.3. The molecule has 0 spiro atoms. The van der Waals surface area contributed by atoms with Gasteiger partial charge in [0, 0.05) is 6.54 Å². The van der Waals surface area contributed by atoms with Gasteiger partial charge in [0.05, 0.1) is 7.11 Å². The minimum atomic E-state index is -0.368. The number of ether oxygens (including phenoxy) is 1. The number of methoxy groups -OCH3 is 1. The quantitative estimate of drug-likeness (QED) is 0.384. The lowest BCUT2D eigenvalue weighted by molar-refractivity contribution is -0.146. The molecule has 15 heavy (non-hydrogen) atoms. The van der Waals surface area contributed by atoms with Crippen molar-refractivity contribution < 1.29 is 9.53 Å². The third-order valence-electron chi connectivity index (χ3n) is 2.12. The Kier molecular flexibility index (Phi) is 6.25. The average Bonchev–Trinajstić information content (AvgIpc) is 2.15. The molecule has 3 nitrogen and oxygen atoms in total. The van der Waals surface area contributed by atoms with E-state index in [4.69, 9.17) is 4.74 Å². The first-order valence-electron chi connectivity index (χ1n) is 5.28. The lowest BCUT2D eigenvalue weighted by Crippen LogP contribution is -2.43. The van der Waals surface area contributed by atoms with Crippen molar-refractivity contribution >= 4 is 5.97 Å². The lowest BCUT2D eigenvalue weighted by atomic mass is 9.86. The predicted octanol–water partition coefficient (Wildman–Crippen LogP) is 2.14. The Hall–Kier alpha value is -0.830. The van der Waals surface area contributed by atoms with Crippen molar-refractivity contribution in [2.24, 2.45) is 5.41 Å². The highest BCUT2D eigenvalue weighted by Crippen LogP contribution is 2.21. The molecule has 0 bridgehead atoms. The van der Waals surface area contributed by atoms with E-state index >= 15 is 0 Å². The van der Waals surface area contributed by atoms with E-state index in [1.54, 1.807) is 0 Å². The highest BCUT2D eigenvalue weighted by Gasteiger charge is 2.32. The van der Waals surface area contributed by atoms with Gasteiger partial charge in [0.15, 0.2) is 0 Å². The van der Waals surface area contributed by atoms with Gasteiger partial charge in [-0.15, -0.1) is 6.58 Å². The van der Waals surface area contributed by atoms with Crippen LogP contribution in [-0.2, 0) is 9.53 Å². The second kappa shape index (κ2) is 6.62. The molecule has 0 aromatic carbocycles. The second-order valence-electron chi connectivity index (χ2n) is 4.63. The minimum absolute atomic E-state index is 0.179. The number of hydrogen-bond donors (Lipinski definition) is 0. The molecule has 0 aromatic rings. The summed E-state index contributed by atoms with van der Waals surface area (Å²) in [5.74, 6) is -0.249. The summed E-state index contributed by atoms with van der Waals surface area (Å²) in [5.41, 5.74) is -0.179. The largest absolute Gasteiger partial charge is 0.468 e. The molecule has 0 saturated heterocycles. The van der Waals surface area contributed by atoms with Crippen LogP contribution >= 0.6 is 0 Å². The summed E-state index contributed by atoms with van der Waals surface area (Å²) in [7, 11) is 1.40. The maximum Gasteiger partial charge on any atom is 0.325 e. The Labute approximate surface area is 92.9 Å². The van der Waals surface area contributed by atoms with E-state index in [2.05, 4.69) is 11.9 Å². The van der Waals surface area contributed by atoms with Gasteiger partial charge in [-0.2, -0.15) is 0 Å². The number of esters is 1. The first kappa shape index (κ1) is 14.2. The number of unbranched alkanes of at least 4 members (excludes halogenated alkanes) is 1. The number of rotatable bonds is 6. The van der Waals surface area contributed by atoms with Crippen LogP contribution in [0.3, 0.4) is 0 Å². The number of hydrogen-bond acceptors (Lipinski definition) is 2. The average molecular weight is 212 g/mol. The van der Waals surface area contributed by atoms with Gasteiger partial charge in [0.25, 0.3) is 0 Å². The fourth-order valence-corrected chi connectivity index (χ4v) is 1.27. The molecule has 0 aliphatic heterocycles. The molecule has 87 valence electrons. The predicted molar refractivity (Wildman–Crippen MR) is 61.7 cm³/mol. The van der Waals surface area contributed by atoms with Crippen molar-refractivity contribution in [3.8, 4) is 0 Å². The second-order valence-corrected chi connectivity index (χ2v) is 4.63. The summed E-state index contributed by atoms with van der Waals surface area (Å²) >= 11 is 0. The lowest BCUT2D eigenvalue weighted by Gasteiger charge is -2.27. The van der Waals surface area contributed by atoms with Crippen LogP contribution in [0.1, 0.15) is 33.6 Å². The summed E-state index contributed by atoms with van der Waals surface area (Å²) in [4.78, 5) is 11.5. The highest BCUT2D eigenvalue weighted by molar-refractivity contribution is 5.76. The van der Waals surface area contributed by atoms with E-state index in [-0.39, 0.29) is 17.4 Å². The summed E-state index contributed by atoms with van der Waals surface area (Å²) < 4.78 is 4.74. The highest BCUT2D eigenvalue weighted by atomic mass is 16.5. The van der Waals surface area contributed by atoms with Crippen LogP contribution in [-0.4, -0.2) is 25.7 Å². The van der Waals surface area contributed by atoms with Crippen molar-refractivity contribution in [2.45, 2.75) is 39.7 Å². The van der Waals surface area contributed by atoms with Gasteiger partial charge in [-0.05, 0) is 18.3 Å². The standard InChI is InChI=1S/C12H22NO2/c1-6-7-8-9-13-10(11(14)15-5)12(2,3)4/h6,10H,1,7-9H2,2-5H3/t10-/m1/s1. The van der Waals surface area contributed by atoms with Crippen LogP contribution in [0.15, 0.2) is 12.7 Å². The molecule has 1 atom stereocenters. The smallest absolute Gasteiger partial charge is 0.325 e. The van der Waals surface area contributed by atoms with E-state index in [1.165, 1.54) is 7.11 Å². The summed E-state index contributed by atoms with van der Waals surface area (Å²) in [6, 6.07) is -0.368. The third kappa shape index (κ3) is 5.57. The number of nitrogens with zero attached hydrogens (tertiary/aromatic N) is 1. The van der Waals surface area contributed by atoms with Crippen molar-refractivity contribution in [3.05, 3.63) is 12.7 Å². The van der Waals surface area contributed by atoms with Crippen LogP contribution in [0.5, 0.6) is 0 Å². The van der Waals surface area contributed by atoms with Crippen molar-refractivity contribution in [1.29, 1.82) is 0 Å². The fourth-order valence-electron chi connectivity index (χ4n) is 1.27. The Bertz CT molecular complexity index is 206. The van der Waals surface area contributed by atoms with E-state index in [1.807, 2.05) is 26.8 Å². The Morgan fingerprint density at radius 3 is 2.53 bits per heavy atom. The van der Waals surface area contributed by atoms with E-state index in [9.17, 15) is 4.79 Å². The molecular weight excluding hydrogens is 190 g/mol. The van der Waals surface area contributed by atoms with Gasteiger partial charge >= 0.3 is 5.97 Å².